The highest BCUT2D eigenvalue weighted by atomic mass is 16.5. The number of hydrogen-bond acceptors (Lipinski definition) is 9. The SMILES string of the molecule is COC1CC(CC[C@H]2C[C@H](O)C[C@H](C3CC(OC)C(O)C(OC[C@H]4[NH2+][C@H](C)C[C@@H](CO)[C@@H]4CC4CC[NH2+]C(N)C4)C3)O2)CCC1O. The average molecular weight is 658 g/mol. The van der Waals surface area contributed by atoms with Crippen molar-refractivity contribution in [2.24, 2.45) is 35.3 Å². The molecule has 3 heterocycles. The first-order valence-electron chi connectivity index (χ1n) is 18.6. The maximum absolute atomic E-state index is 11.3. The highest BCUT2D eigenvalue weighted by Gasteiger charge is 2.46. The molecule has 0 aromatic heterocycles. The zero-order valence-electron chi connectivity index (χ0n) is 28.7. The van der Waals surface area contributed by atoms with Crippen molar-refractivity contribution in [2.75, 3.05) is 34.0 Å². The number of hydrogen-bond donors (Lipinski definition) is 7. The quantitative estimate of drug-likeness (QED) is 0.147. The zero-order valence-corrected chi connectivity index (χ0v) is 28.7. The van der Waals surface area contributed by atoms with Gasteiger partial charge in [-0.25, -0.2) is 0 Å². The molecule has 11 heteroatoms. The van der Waals surface area contributed by atoms with Gasteiger partial charge >= 0.3 is 0 Å². The van der Waals surface area contributed by atoms with Crippen LogP contribution in [0.25, 0.3) is 0 Å². The fraction of sp³-hybridized carbons (Fsp3) is 1.00. The minimum absolute atomic E-state index is 0.00573. The van der Waals surface area contributed by atoms with E-state index in [0.29, 0.717) is 56.1 Å². The van der Waals surface area contributed by atoms with Gasteiger partial charge in [0.1, 0.15) is 18.3 Å². The first kappa shape index (κ1) is 36.8. The third-order valence-electron chi connectivity index (χ3n) is 12.5. The van der Waals surface area contributed by atoms with Crippen molar-refractivity contribution in [3.63, 3.8) is 0 Å². The highest BCUT2D eigenvalue weighted by molar-refractivity contribution is 4.94. The molecule has 268 valence electrons. The minimum Gasteiger partial charge on any atom is -0.396 e. The lowest BCUT2D eigenvalue weighted by Crippen LogP contribution is -2.99. The number of ether oxygens (including phenoxy) is 4. The third kappa shape index (κ3) is 9.62. The third-order valence-corrected chi connectivity index (χ3v) is 12.5. The fourth-order valence-electron chi connectivity index (χ4n) is 9.95. The molecular weight excluding hydrogens is 590 g/mol. The standard InChI is InChI=1S/C35H65N3O8/c1-20-10-24(18-39)27(11-22-8-9-37-34(36)13-22)28(38-20)19-45-33-15-23(14-32(44-3)35(33)42)30-17-25(40)16-26(46-30)6-4-21-5-7-29(41)31(12-21)43-2/h20-35,37-42H,4-19,36H2,1-3H3/p+2/t20-,21?,22?,23?,24+,25+,26+,27+,28-,29?,30-,31?,32?,33?,34?,35?/m1/s1. The summed E-state index contributed by atoms with van der Waals surface area (Å²) < 4.78 is 24.7. The molecule has 16 atom stereocenters. The Morgan fingerprint density at radius 2 is 1.63 bits per heavy atom. The van der Waals surface area contributed by atoms with Crippen LogP contribution < -0.4 is 16.4 Å². The zero-order chi connectivity index (χ0) is 32.8. The normalized spacial score (nSPS) is 47.5. The topological polar surface area (TPSA) is 177 Å². The van der Waals surface area contributed by atoms with Crippen LogP contribution in [0.1, 0.15) is 90.4 Å². The van der Waals surface area contributed by atoms with Gasteiger partial charge in [0.15, 0.2) is 0 Å². The lowest BCUT2D eigenvalue weighted by atomic mass is 9.72. The second-order valence-electron chi connectivity index (χ2n) is 15.9. The van der Waals surface area contributed by atoms with E-state index in [-0.39, 0.29) is 67.3 Å². The molecule has 0 aromatic rings. The molecule has 11 nitrogen and oxygen atoms in total. The van der Waals surface area contributed by atoms with Crippen LogP contribution in [0.2, 0.25) is 0 Å². The van der Waals surface area contributed by atoms with E-state index >= 15 is 0 Å². The summed E-state index contributed by atoms with van der Waals surface area (Å²) >= 11 is 0. The lowest BCUT2D eigenvalue weighted by Gasteiger charge is -2.45. The maximum atomic E-state index is 11.3. The molecule has 5 fully saturated rings. The van der Waals surface area contributed by atoms with Crippen molar-refractivity contribution < 1.29 is 50.0 Å². The van der Waals surface area contributed by atoms with Gasteiger partial charge in [0.2, 0.25) is 0 Å². The van der Waals surface area contributed by atoms with E-state index in [2.05, 4.69) is 17.6 Å². The summed E-state index contributed by atoms with van der Waals surface area (Å²) in [4.78, 5) is 0. The van der Waals surface area contributed by atoms with Gasteiger partial charge in [-0.15, -0.1) is 0 Å². The van der Waals surface area contributed by atoms with Crippen molar-refractivity contribution in [3.05, 3.63) is 0 Å². The van der Waals surface area contributed by atoms with Gasteiger partial charge in [-0.1, -0.05) is 0 Å². The number of aliphatic hydroxyl groups is 4. The molecular formula is C35H67N3O8+2. The van der Waals surface area contributed by atoms with Gasteiger partial charge in [0.05, 0.1) is 61.9 Å². The van der Waals surface area contributed by atoms with E-state index in [1.165, 1.54) is 0 Å². The number of methoxy groups -OCH3 is 2. The second-order valence-corrected chi connectivity index (χ2v) is 15.9. The summed E-state index contributed by atoms with van der Waals surface area (Å²) in [7, 11) is 3.34. The van der Waals surface area contributed by atoms with E-state index in [4.69, 9.17) is 24.7 Å². The Kier molecular flexibility index (Phi) is 14.0. The summed E-state index contributed by atoms with van der Waals surface area (Å²) in [6, 6.07) is 0.625. The first-order valence-corrected chi connectivity index (χ1v) is 18.6. The first-order chi connectivity index (χ1) is 22.2. The molecule has 10 N–H and O–H groups in total. The molecule has 0 radical (unpaired) electrons. The minimum atomic E-state index is -0.721. The van der Waals surface area contributed by atoms with Crippen LogP contribution in [0, 0.1) is 29.6 Å². The Morgan fingerprint density at radius 1 is 0.848 bits per heavy atom. The Hall–Kier alpha value is -0.440. The summed E-state index contributed by atoms with van der Waals surface area (Å²) in [5.41, 5.74) is 6.29. The van der Waals surface area contributed by atoms with Crippen molar-refractivity contribution in [3.8, 4) is 0 Å². The lowest BCUT2D eigenvalue weighted by molar-refractivity contribution is -0.739. The van der Waals surface area contributed by atoms with E-state index in [1.54, 1.807) is 14.2 Å². The number of quaternary nitrogens is 2. The monoisotopic (exact) mass is 657 g/mol. The number of piperidine rings is 2. The van der Waals surface area contributed by atoms with Crippen LogP contribution in [0.5, 0.6) is 0 Å². The molecule has 9 unspecified atom stereocenters. The summed E-state index contributed by atoms with van der Waals surface area (Å²) in [5, 5.41) is 47.5. The van der Waals surface area contributed by atoms with Gasteiger partial charge in [-0.05, 0) is 101 Å². The van der Waals surface area contributed by atoms with Crippen LogP contribution >= 0.6 is 0 Å². The molecule has 0 amide bonds. The Morgan fingerprint density at radius 3 is 2.37 bits per heavy atom. The van der Waals surface area contributed by atoms with Crippen LogP contribution in [-0.2, 0) is 18.9 Å². The average Bonchev–Trinajstić information content (AvgIpc) is 3.04. The highest BCUT2D eigenvalue weighted by Crippen LogP contribution is 2.39. The molecule has 5 rings (SSSR count). The second kappa shape index (κ2) is 17.5. The molecule has 2 aliphatic carbocycles. The molecule has 5 aliphatic rings. The van der Waals surface area contributed by atoms with Crippen LogP contribution in [0.3, 0.4) is 0 Å². The maximum Gasteiger partial charge on any atom is 0.137 e. The predicted molar refractivity (Wildman–Crippen MR) is 173 cm³/mol. The molecule has 2 saturated carbocycles. The van der Waals surface area contributed by atoms with Gasteiger partial charge < -0.3 is 50.0 Å². The van der Waals surface area contributed by atoms with Gasteiger partial charge in [-0.3, -0.25) is 5.73 Å². The molecule has 0 aromatic carbocycles. The predicted octanol–water partition coefficient (Wildman–Crippen LogP) is -0.381. The smallest absolute Gasteiger partial charge is 0.137 e. The fourth-order valence-corrected chi connectivity index (χ4v) is 9.95. The summed E-state index contributed by atoms with van der Waals surface area (Å²) in [6.07, 6.45) is 9.10. The van der Waals surface area contributed by atoms with Crippen molar-refractivity contribution in [1.29, 1.82) is 0 Å². The van der Waals surface area contributed by atoms with E-state index in [0.717, 1.165) is 64.3 Å². The van der Waals surface area contributed by atoms with Crippen molar-refractivity contribution >= 4 is 0 Å². The summed E-state index contributed by atoms with van der Waals surface area (Å²) in [5.74, 6) is 1.78. The molecule has 3 saturated heterocycles. The largest absolute Gasteiger partial charge is 0.396 e. The summed E-state index contributed by atoms with van der Waals surface area (Å²) in [6.45, 7) is 4.02. The van der Waals surface area contributed by atoms with Crippen LogP contribution in [0.4, 0.5) is 0 Å². The molecule has 0 spiro atoms. The number of aliphatic hydroxyl groups excluding tert-OH is 4. The molecule has 3 aliphatic heterocycles. The molecule has 0 bridgehead atoms. The van der Waals surface area contributed by atoms with E-state index in [9.17, 15) is 20.4 Å². The molecule has 46 heavy (non-hydrogen) atoms. The van der Waals surface area contributed by atoms with Gasteiger partial charge in [-0.2, -0.15) is 0 Å². The van der Waals surface area contributed by atoms with E-state index < -0.39 is 12.2 Å². The Labute approximate surface area is 276 Å². The van der Waals surface area contributed by atoms with Crippen LogP contribution in [0.15, 0.2) is 0 Å². The Bertz CT molecular complexity index is 904. The number of nitrogens with two attached hydrogens (primary N) is 3. The van der Waals surface area contributed by atoms with Crippen LogP contribution in [-0.4, -0.2) is 121 Å². The Balaban J connectivity index is 1.19. The van der Waals surface area contributed by atoms with Gasteiger partial charge in [0.25, 0.3) is 0 Å². The van der Waals surface area contributed by atoms with E-state index in [1.807, 2.05) is 0 Å². The van der Waals surface area contributed by atoms with Crippen molar-refractivity contribution in [2.45, 2.75) is 157 Å². The van der Waals surface area contributed by atoms with Crippen molar-refractivity contribution in [1.82, 2.24) is 0 Å². The van der Waals surface area contributed by atoms with Gasteiger partial charge in [0, 0.05) is 39.6 Å². The number of rotatable bonds is 12.